The fraction of sp³-hybridized carbons (Fsp3) is 0.684. The maximum atomic E-state index is 12.2. The third-order valence-corrected chi connectivity index (χ3v) is 5.28. The van der Waals surface area contributed by atoms with Crippen LogP contribution in [0.3, 0.4) is 0 Å². The molecule has 2 aliphatic rings. The first kappa shape index (κ1) is 18.0. The minimum absolute atomic E-state index is 0.0511. The number of amides is 2. The number of nitrogens with one attached hydrogen (secondary N) is 2. The van der Waals surface area contributed by atoms with E-state index in [2.05, 4.69) is 38.5 Å². The number of likely N-dealkylation sites (N-methyl/N-ethyl adjacent to an activating group) is 1. The highest BCUT2D eigenvalue weighted by molar-refractivity contribution is 5.74. The Bertz CT molecular complexity index is 549. The quantitative estimate of drug-likeness (QED) is 0.823. The number of rotatable bonds is 4. The molecular formula is C19H31N5O. The molecule has 0 radical (unpaired) electrons. The third kappa shape index (κ3) is 5.59. The van der Waals surface area contributed by atoms with Gasteiger partial charge < -0.3 is 20.4 Å². The Kier molecular flexibility index (Phi) is 6.50. The number of carbonyl (C=O) groups excluding carboxylic acids is 1. The van der Waals surface area contributed by atoms with Crippen molar-refractivity contribution in [2.24, 2.45) is 0 Å². The van der Waals surface area contributed by atoms with Crippen LogP contribution in [0.1, 0.15) is 44.1 Å². The Balaban J connectivity index is 1.47. The largest absolute Gasteiger partial charge is 0.354 e. The first-order valence-corrected chi connectivity index (χ1v) is 9.63. The van der Waals surface area contributed by atoms with Gasteiger partial charge in [0.2, 0.25) is 0 Å². The number of anilines is 1. The molecule has 25 heavy (non-hydrogen) atoms. The number of pyridine rings is 1. The summed E-state index contributed by atoms with van der Waals surface area (Å²) in [5, 5.41) is 6.13. The van der Waals surface area contributed by atoms with Crippen LogP contribution in [-0.4, -0.2) is 55.2 Å². The lowest BCUT2D eigenvalue weighted by molar-refractivity contribution is 0.235. The molecule has 0 aromatic carbocycles. The zero-order valence-electron chi connectivity index (χ0n) is 15.3. The summed E-state index contributed by atoms with van der Waals surface area (Å²) < 4.78 is 0. The van der Waals surface area contributed by atoms with Crippen LogP contribution in [0.25, 0.3) is 0 Å². The molecule has 1 aliphatic carbocycles. The van der Waals surface area contributed by atoms with Crippen molar-refractivity contribution in [3.05, 3.63) is 23.9 Å². The van der Waals surface area contributed by atoms with Gasteiger partial charge in [-0.2, -0.15) is 0 Å². The van der Waals surface area contributed by atoms with Crippen LogP contribution >= 0.6 is 0 Å². The molecule has 0 spiro atoms. The summed E-state index contributed by atoms with van der Waals surface area (Å²) in [4.78, 5) is 21.3. The second-order valence-electron chi connectivity index (χ2n) is 7.33. The van der Waals surface area contributed by atoms with E-state index >= 15 is 0 Å². The number of carbonyl (C=O) groups is 1. The van der Waals surface area contributed by atoms with Gasteiger partial charge in [-0.05, 0) is 37.6 Å². The van der Waals surface area contributed by atoms with E-state index in [9.17, 15) is 4.79 Å². The predicted molar refractivity (Wildman–Crippen MR) is 101 cm³/mol. The number of hydrogen-bond acceptors (Lipinski definition) is 4. The Morgan fingerprint density at radius 2 is 1.88 bits per heavy atom. The van der Waals surface area contributed by atoms with Crippen LogP contribution in [0, 0.1) is 0 Å². The van der Waals surface area contributed by atoms with E-state index in [1.807, 2.05) is 12.3 Å². The summed E-state index contributed by atoms with van der Waals surface area (Å²) in [6.45, 7) is 4.68. The molecule has 6 heteroatoms. The molecule has 2 amide bonds. The predicted octanol–water partition coefficient (Wildman–Crippen LogP) is 2.36. The minimum Gasteiger partial charge on any atom is -0.354 e. The molecule has 1 saturated carbocycles. The summed E-state index contributed by atoms with van der Waals surface area (Å²) in [6.07, 6.45) is 9.10. The van der Waals surface area contributed by atoms with Crippen molar-refractivity contribution < 1.29 is 4.79 Å². The minimum atomic E-state index is -0.0511. The smallest absolute Gasteiger partial charge is 0.315 e. The molecule has 6 nitrogen and oxygen atoms in total. The van der Waals surface area contributed by atoms with Gasteiger partial charge >= 0.3 is 6.03 Å². The van der Waals surface area contributed by atoms with Crippen molar-refractivity contribution in [3.8, 4) is 0 Å². The lowest BCUT2D eigenvalue weighted by atomic mass is 10.1. The van der Waals surface area contributed by atoms with Gasteiger partial charge in [0.15, 0.2) is 0 Å². The maximum absolute atomic E-state index is 12.2. The molecule has 3 rings (SSSR count). The fourth-order valence-corrected chi connectivity index (χ4v) is 3.62. The summed E-state index contributed by atoms with van der Waals surface area (Å²) in [7, 11) is 2.15. The number of hydrogen-bond donors (Lipinski definition) is 2. The van der Waals surface area contributed by atoms with Crippen LogP contribution in [0.5, 0.6) is 0 Å². The molecule has 0 atom stereocenters. The molecule has 2 fully saturated rings. The van der Waals surface area contributed by atoms with Gasteiger partial charge in [0.1, 0.15) is 5.82 Å². The first-order chi connectivity index (χ1) is 12.2. The van der Waals surface area contributed by atoms with E-state index in [0.717, 1.165) is 50.4 Å². The molecule has 2 N–H and O–H groups in total. The molecule has 0 bridgehead atoms. The van der Waals surface area contributed by atoms with Gasteiger partial charge in [0.25, 0.3) is 0 Å². The van der Waals surface area contributed by atoms with Crippen LogP contribution in [0.4, 0.5) is 10.6 Å². The van der Waals surface area contributed by atoms with Gasteiger partial charge in [-0.1, -0.05) is 25.7 Å². The Hall–Kier alpha value is -1.82. The van der Waals surface area contributed by atoms with Crippen LogP contribution < -0.4 is 15.5 Å². The molecular weight excluding hydrogens is 314 g/mol. The summed E-state index contributed by atoms with van der Waals surface area (Å²) in [5.74, 6) is 1.01. The van der Waals surface area contributed by atoms with E-state index in [4.69, 9.17) is 0 Å². The summed E-state index contributed by atoms with van der Waals surface area (Å²) in [6, 6.07) is 4.36. The molecule has 138 valence electrons. The van der Waals surface area contributed by atoms with Gasteiger partial charge in [-0.25, -0.2) is 9.78 Å². The molecule has 0 unspecified atom stereocenters. The summed E-state index contributed by atoms with van der Waals surface area (Å²) in [5.41, 5.74) is 1.10. The number of urea groups is 1. The number of piperazine rings is 1. The van der Waals surface area contributed by atoms with Crippen molar-refractivity contribution in [3.63, 3.8) is 0 Å². The average Bonchev–Trinajstić information content (AvgIpc) is 2.89. The van der Waals surface area contributed by atoms with Gasteiger partial charge in [0, 0.05) is 45.0 Å². The topological polar surface area (TPSA) is 60.5 Å². The zero-order chi connectivity index (χ0) is 17.5. The van der Waals surface area contributed by atoms with Crippen molar-refractivity contribution in [2.45, 2.75) is 51.1 Å². The lowest BCUT2D eigenvalue weighted by Gasteiger charge is -2.33. The van der Waals surface area contributed by atoms with Gasteiger partial charge in [-0.3, -0.25) is 0 Å². The maximum Gasteiger partial charge on any atom is 0.315 e. The van der Waals surface area contributed by atoms with E-state index in [1.54, 1.807) is 0 Å². The normalized spacial score (nSPS) is 20.1. The highest BCUT2D eigenvalue weighted by Gasteiger charge is 2.16. The van der Waals surface area contributed by atoms with Crippen LogP contribution in [-0.2, 0) is 6.54 Å². The monoisotopic (exact) mass is 345 g/mol. The average molecular weight is 345 g/mol. The van der Waals surface area contributed by atoms with E-state index in [-0.39, 0.29) is 6.03 Å². The highest BCUT2D eigenvalue weighted by Crippen LogP contribution is 2.17. The van der Waals surface area contributed by atoms with Crippen LogP contribution in [0.2, 0.25) is 0 Å². The second kappa shape index (κ2) is 9.04. The standard InChI is InChI=1S/C19H31N5O/c1-23-10-12-24(13-11-23)18-14-16(8-9-20-18)15-21-19(25)22-17-6-4-2-3-5-7-17/h8-9,14,17H,2-7,10-13,15H2,1H3,(H2,21,22,25). The Morgan fingerprint density at radius 3 is 2.60 bits per heavy atom. The van der Waals surface area contributed by atoms with E-state index in [0.29, 0.717) is 12.6 Å². The van der Waals surface area contributed by atoms with Gasteiger partial charge in [0.05, 0.1) is 0 Å². The van der Waals surface area contributed by atoms with E-state index in [1.165, 1.54) is 25.7 Å². The first-order valence-electron chi connectivity index (χ1n) is 9.63. The molecule has 1 saturated heterocycles. The van der Waals surface area contributed by atoms with Crippen molar-refractivity contribution in [1.82, 2.24) is 20.5 Å². The highest BCUT2D eigenvalue weighted by atomic mass is 16.2. The van der Waals surface area contributed by atoms with Crippen LogP contribution in [0.15, 0.2) is 18.3 Å². The van der Waals surface area contributed by atoms with Gasteiger partial charge in [-0.15, -0.1) is 0 Å². The SMILES string of the molecule is CN1CCN(c2cc(CNC(=O)NC3CCCCCC3)ccn2)CC1. The Morgan fingerprint density at radius 1 is 1.16 bits per heavy atom. The van der Waals surface area contributed by atoms with Crippen molar-refractivity contribution >= 4 is 11.8 Å². The lowest BCUT2D eigenvalue weighted by Crippen LogP contribution is -2.44. The number of aromatic nitrogens is 1. The second-order valence-corrected chi connectivity index (χ2v) is 7.33. The zero-order valence-corrected chi connectivity index (χ0v) is 15.3. The Labute approximate surface area is 151 Å². The fourth-order valence-electron chi connectivity index (χ4n) is 3.62. The molecule has 1 aliphatic heterocycles. The van der Waals surface area contributed by atoms with Crippen molar-refractivity contribution in [2.75, 3.05) is 38.1 Å². The molecule has 2 heterocycles. The van der Waals surface area contributed by atoms with Crippen molar-refractivity contribution in [1.29, 1.82) is 0 Å². The third-order valence-electron chi connectivity index (χ3n) is 5.28. The summed E-state index contributed by atoms with van der Waals surface area (Å²) >= 11 is 0. The number of nitrogens with zero attached hydrogens (tertiary/aromatic N) is 3. The van der Waals surface area contributed by atoms with E-state index < -0.39 is 0 Å². The molecule has 1 aromatic rings. The molecule has 1 aromatic heterocycles.